The second-order valence-corrected chi connectivity index (χ2v) is 8.94. The van der Waals surface area contributed by atoms with Gasteiger partial charge in [0.15, 0.2) is 0 Å². The monoisotopic (exact) mass is 448 g/mol. The number of sulfonamides is 1. The molecule has 29 heavy (non-hydrogen) atoms. The molecule has 3 aromatic carbocycles. The minimum Gasteiger partial charge on any atom is -0.321 e. The second kappa shape index (κ2) is 8.45. The van der Waals surface area contributed by atoms with Crippen molar-refractivity contribution in [2.24, 2.45) is 0 Å². The van der Waals surface area contributed by atoms with Gasteiger partial charge in [0.25, 0.3) is 15.9 Å². The summed E-state index contributed by atoms with van der Waals surface area (Å²) in [5.41, 5.74) is 2.49. The molecule has 0 fully saturated rings. The van der Waals surface area contributed by atoms with Crippen LogP contribution in [0.1, 0.15) is 21.5 Å². The highest BCUT2D eigenvalue weighted by molar-refractivity contribution is 7.92. The van der Waals surface area contributed by atoms with Gasteiger partial charge in [-0.05, 0) is 55.8 Å². The number of hydrogen-bond acceptors (Lipinski definition) is 3. The van der Waals surface area contributed by atoms with Crippen molar-refractivity contribution < 1.29 is 13.2 Å². The van der Waals surface area contributed by atoms with Crippen molar-refractivity contribution in [2.45, 2.75) is 18.7 Å². The maximum Gasteiger partial charge on any atom is 0.262 e. The average molecular weight is 449 g/mol. The van der Waals surface area contributed by atoms with Crippen LogP contribution in [0, 0.1) is 13.8 Å². The zero-order chi connectivity index (χ0) is 21.2. The van der Waals surface area contributed by atoms with Gasteiger partial charge in [0.2, 0.25) is 0 Å². The summed E-state index contributed by atoms with van der Waals surface area (Å²) in [7, 11) is -3.88. The molecule has 0 spiro atoms. The number of hydrogen-bond donors (Lipinski definition) is 2. The number of halogens is 2. The second-order valence-electron chi connectivity index (χ2n) is 6.51. The Balaban J connectivity index is 1.89. The van der Waals surface area contributed by atoms with Crippen molar-refractivity contribution >= 4 is 50.5 Å². The molecule has 8 heteroatoms. The highest BCUT2D eigenvalue weighted by Crippen LogP contribution is 2.30. The molecule has 0 aliphatic carbocycles. The molecule has 0 unspecified atom stereocenters. The molecule has 0 saturated carbocycles. The van der Waals surface area contributed by atoms with E-state index in [0.717, 1.165) is 5.56 Å². The maximum absolute atomic E-state index is 12.9. The molecule has 0 atom stereocenters. The predicted molar refractivity (Wildman–Crippen MR) is 118 cm³/mol. The summed E-state index contributed by atoms with van der Waals surface area (Å²) in [4.78, 5) is 12.7. The van der Waals surface area contributed by atoms with E-state index in [1.807, 2.05) is 19.1 Å². The van der Waals surface area contributed by atoms with E-state index in [9.17, 15) is 13.2 Å². The number of benzene rings is 3. The first-order valence-corrected chi connectivity index (χ1v) is 10.9. The van der Waals surface area contributed by atoms with Crippen LogP contribution < -0.4 is 10.0 Å². The fraction of sp³-hybridized carbons (Fsp3) is 0.0952. The predicted octanol–water partition coefficient (Wildman–Crippen LogP) is 5.66. The van der Waals surface area contributed by atoms with Gasteiger partial charge in [-0.1, -0.05) is 53.0 Å². The summed E-state index contributed by atoms with van der Waals surface area (Å²) >= 11 is 12.1. The van der Waals surface area contributed by atoms with Crippen LogP contribution in [-0.2, 0) is 10.0 Å². The smallest absolute Gasteiger partial charge is 0.262 e. The Bertz CT molecular complexity index is 1180. The van der Waals surface area contributed by atoms with Gasteiger partial charge < -0.3 is 5.32 Å². The molecule has 0 aromatic heterocycles. The third-order valence-electron chi connectivity index (χ3n) is 4.24. The van der Waals surface area contributed by atoms with Crippen LogP contribution in [0.4, 0.5) is 11.4 Å². The molecule has 0 radical (unpaired) electrons. The van der Waals surface area contributed by atoms with Crippen LogP contribution in [0.2, 0.25) is 10.0 Å². The Hall–Kier alpha value is -2.54. The first kappa shape index (κ1) is 21.2. The Kier molecular flexibility index (Phi) is 6.17. The van der Waals surface area contributed by atoms with Gasteiger partial charge in [0, 0.05) is 11.3 Å². The summed E-state index contributed by atoms with van der Waals surface area (Å²) in [5, 5.41) is 3.17. The van der Waals surface area contributed by atoms with Crippen LogP contribution in [0.3, 0.4) is 0 Å². The van der Waals surface area contributed by atoms with Gasteiger partial charge in [0.05, 0.1) is 20.6 Å². The third kappa shape index (κ3) is 4.90. The van der Waals surface area contributed by atoms with Gasteiger partial charge >= 0.3 is 0 Å². The normalized spacial score (nSPS) is 11.2. The summed E-state index contributed by atoms with van der Waals surface area (Å²) < 4.78 is 28.3. The van der Waals surface area contributed by atoms with Gasteiger partial charge in [-0.15, -0.1) is 0 Å². The lowest BCUT2D eigenvalue weighted by Crippen LogP contribution is -2.17. The Morgan fingerprint density at radius 1 is 0.931 bits per heavy atom. The molecule has 0 saturated heterocycles. The summed E-state index contributed by atoms with van der Waals surface area (Å²) in [5.74, 6) is -0.499. The highest BCUT2D eigenvalue weighted by atomic mass is 35.5. The van der Waals surface area contributed by atoms with Gasteiger partial charge in [0.1, 0.15) is 0 Å². The van der Waals surface area contributed by atoms with Crippen molar-refractivity contribution in [3.63, 3.8) is 0 Å². The van der Waals surface area contributed by atoms with Crippen molar-refractivity contribution in [3.8, 4) is 0 Å². The third-order valence-corrected chi connectivity index (χ3v) is 6.59. The summed E-state index contributed by atoms with van der Waals surface area (Å²) in [6, 6.07) is 16.3. The molecule has 2 N–H and O–H groups in total. The molecular formula is C21H18Cl2N2O3S. The van der Waals surface area contributed by atoms with E-state index in [0.29, 0.717) is 22.0 Å². The number of carbonyl (C=O) groups excluding carboxylic acids is 1. The van der Waals surface area contributed by atoms with Crippen molar-refractivity contribution in [3.05, 3.63) is 87.4 Å². The van der Waals surface area contributed by atoms with Gasteiger partial charge in [-0.3, -0.25) is 9.52 Å². The number of nitrogens with one attached hydrogen (secondary N) is 2. The molecule has 0 bridgehead atoms. The zero-order valence-corrected chi connectivity index (χ0v) is 18.0. The van der Waals surface area contributed by atoms with E-state index in [2.05, 4.69) is 10.0 Å². The largest absolute Gasteiger partial charge is 0.321 e. The Morgan fingerprint density at radius 2 is 1.62 bits per heavy atom. The van der Waals surface area contributed by atoms with E-state index in [1.54, 1.807) is 49.4 Å². The number of anilines is 2. The Morgan fingerprint density at radius 3 is 2.31 bits per heavy atom. The quantitative estimate of drug-likeness (QED) is 0.528. The van der Waals surface area contributed by atoms with E-state index >= 15 is 0 Å². The fourth-order valence-electron chi connectivity index (χ4n) is 2.66. The zero-order valence-electron chi connectivity index (χ0n) is 15.7. The van der Waals surface area contributed by atoms with E-state index in [-0.39, 0.29) is 15.5 Å². The van der Waals surface area contributed by atoms with Gasteiger partial charge in [-0.25, -0.2) is 8.42 Å². The molecule has 1 amide bonds. The topological polar surface area (TPSA) is 75.3 Å². The molecule has 0 heterocycles. The first-order chi connectivity index (χ1) is 13.7. The minimum absolute atomic E-state index is 0.0166. The average Bonchev–Trinajstić information content (AvgIpc) is 2.67. The molecular weight excluding hydrogens is 431 g/mol. The standard InChI is InChI=1S/C21H18Cl2N2O3S/c1-13-6-10-16(11-7-13)25-29(27,28)19-12-15(9-8-14(19)2)21(26)24-18-5-3-4-17(22)20(18)23/h3-12,25H,1-2H3,(H,24,26). The van der Waals surface area contributed by atoms with Crippen molar-refractivity contribution in [1.82, 2.24) is 0 Å². The van der Waals surface area contributed by atoms with E-state index in [4.69, 9.17) is 23.2 Å². The lowest BCUT2D eigenvalue weighted by Gasteiger charge is -2.13. The van der Waals surface area contributed by atoms with E-state index < -0.39 is 15.9 Å². The number of aryl methyl sites for hydroxylation is 2. The minimum atomic E-state index is -3.88. The number of amides is 1. The molecule has 5 nitrogen and oxygen atoms in total. The lowest BCUT2D eigenvalue weighted by atomic mass is 10.1. The molecule has 0 aliphatic heterocycles. The van der Waals surface area contributed by atoms with Crippen LogP contribution >= 0.6 is 23.2 Å². The fourth-order valence-corrected chi connectivity index (χ4v) is 4.34. The Labute approximate surface area is 179 Å². The number of rotatable bonds is 5. The SMILES string of the molecule is Cc1ccc(NS(=O)(=O)c2cc(C(=O)Nc3cccc(Cl)c3Cl)ccc2C)cc1. The van der Waals surface area contributed by atoms with Gasteiger partial charge in [-0.2, -0.15) is 0 Å². The maximum atomic E-state index is 12.9. The first-order valence-electron chi connectivity index (χ1n) is 8.63. The van der Waals surface area contributed by atoms with Crippen molar-refractivity contribution in [1.29, 1.82) is 0 Å². The highest BCUT2D eigenvalue weighted by Gasteiger charge is 2.20. The molecule has 3 aromatic rings. The molecule has 0 aliphatic rings. The lowest BCUT2D eigenvalue weighted by molar-refractivity contribution is 0.102. The summed E-state index contributed by atoms with van der Waals surface area (Å²) in [6.45, 7) is 3.58. The molecule has 150 valence electrons. The van der Waals surface area contributed by atoms with Crippen LogP contribution in [0.25, 0.3) is 0 Å². The number of carbonyl (C=O) groups is 1. The molecule has 3 rings (SSSR count). The van der Waals surface area contributed by atoms with Crippen LogP contribution in [0.5, 0.6) is 0 Å². The van der Waals surface area contributed by atoms with Crippen LogP contribution in [0.15, 0.2) is 65.6 Å². The van der Waals surface area contributed by atoms with Crippen molar-refractivity contribution in [2.75, 3.05) is 10.0 Å². The van der Waals surface area contributed by atoms with Crippen LogP contribution in [-0.4, -0.2) is 14.3 Å². The van der Waals surface area contributed by atoms with E-state index in [1.165, 1.54) is 6.07 Å². The summed E-state index contributed by atoms with van der Waals surface area (Å²) in [6.07, 6.45) is 0.